The Hall–Kier alpha value is -4.26. The van der Waals surface area contributed by atoms with Crippen molar-refractivity contribution >= 4 is 29.1 Å². The highest BCUT2D eigenvalue weighted by Crippen LogP contribution is 2.34. The van der Waals surface area contributed by atoms with Gasteiger partial charge in [-0.05, 0) is 24.3 Å². The molecule has 0 atom stereocenters. The first-order valence-electron chi connectivity index (χ1n) is 8.57. The summed E-state index contributed by atoms with van der Waals surface area (Å²) in [5, 5.41) is 22.0. The highest BCUT2D eigenvalue weighted by atomic mass is 16.4. The van der Waals surface area contributed by atoms with E-state index >= 15 is 0 Å². The van der Waals surface area contributed by atoms with Crippen LogP contribution in [0.25, 0.3) is 0 Å². The van der Waals surface area contributed by atoms with Crippen LogP contribution in [-0.4, -0.2) is 33.7 Å². The summed E-state index contributed by atoms with van der Waals surface area (Å²) in [7, 11) is 0. The number of hydrogen-bond donors (Lipinski definition) is 3. The predicted molar refractivity (Wildman–Crippen MR) is 103 cm³/mol. The summed E-state index contributed by atoms with van der Waals surface area (Å²) in [6.45, 7) is 0. The third-order valence-electron chi connectivity index (χ3n) is 4.69. The van der Waals surface area contributed by atoms with Gasteiger partial charge in [0.1, 0.15) is 5.75 Å². The molecule has 4 rings (SSSR count). The molecule has 3 aromatic carbocycles. The van der Waals surface area contributed by atoms with Gasteiger partial charge in [-0.25, -0.2) is 4.79 Å². The number of amides is 1. The first-order valence-corrected chi connectivity index (χ1v) is 8.57. The van der Waals surface area contributed by atoms with Crippen molar-refractivity contribution in [1.82, 2.24) is 0 Å². The number of carboxylic acids is 1. The lowest BCUT2D eigenvalue weighted by atomic mass is 9.83. The third kappa shape index (κ3) is 2.94. The lowest BCUT2D eigenvalue weighted by Gasteiger charge is -2.19. The Morgan fingerprint density at radius 1 is 0.724 bits per heavy atom. The van der Waals surface area contributed by atoms with Crippen LogP contribution in [0.4, 0.5) is 5.69 Å². The van der Waals surface area contributed by atoms with Gasteiger partial charge in [-0.1, -0.05) is 36.4 Å². The quantitative estimate of drug-likeness (QED) is 0.465. The smallest absolute Gasteiger partial charge is 0.336 e. The zero-order valence-corrected chi connectivity index (χ0v) is 14.8. The average Bonchev–Trinajstić information content (AvgIpc) is 2.73. The molecule has 1 amide bonds. The largest absolute Gasteiger partial charge is 0.506 e. The molecule has 3 aromatic rings. The van der Waals surface area contributed by atoms with Crippen molar-refractivity contribution in [2.75, 3.05) is 5.32 Å². The van der Waals surface area contributed by atoms with Crippen molar-refractivity contribution in [3.05, 3.63) is 94.0 Å². The lowest BCUT2D eigenvalue weighted by Crippen LogP contribution is -2.22. The number of carboxylic acid groups (broad SMARTS) is 1. The van der Waals surface area contributed by atoms with E-state index in [1.54, 1.807) is 12.1 Å². The van der Waals surface area contributed by atoms with E-state index in [2.05, 4.69) is 5.32 Å². The van der Waals surface area contributed by atoms with E-state index in [0.717, 1.165) is 6.07 Å². The summed E-state index contributed by atoms with van der Waals surface area (Å²) >= 11 is 0. The minimum absolute atomic E-state index is 0.0372. The number of aromatic hydroxyl groups is 1. The average molecular weight is 387 g/mol. The molecular formula is C22H13NO6. The number of fused-ring (bicyclic) bond motifs is 2. The Morgan fingerprint density at radius 2 is 1.24 bits per heavy atom. The topological polar surface area (TPSA) is 121 Å². The minimum atomic E-state index is -1.28. The molecule has 0 fully saturated rings. The highest BCUT2D eigenvalue weighted by Gasteiger charge is 2.31. The first-order chi connectivity index (χ1) is 13.9. The summed E-state index contributed by atoms with van der Waals surface area (Å²) in [4.78, 5) is 49.3. The van der Waals surface area contributed by atoms with Crippen LogP contribution in [-0.2, 0) is 0 Å². The monoisotopic (exact) mass is 387 g/mol. The van der Waals surface area contributed by atoms with E-state index in [9.17, 15) is 29.4 Å². The number of benzene rings is 3. The van der Waals surface area contributed by atoms with Crippen molar-refractivity contribution < 1.29 is 29.4 Å². The van der Waals surface area contributed by atoms with Gasteiger partial charge in [0.2, 0.25) is 0 Å². The van der Waals surface area contributed by atoms with E-state index in [0.29, 0.717) is 0 Å². The second-order valence-corrected chi connectivity index (χ2v) is 6.42. The van der Waals surface area contributed by atoms with Gasteiger partial charge in [-0.3, -0.25) is 14.4 Å². The number of carbonyl (C=O) groups is 4. The molecule has 1 aliphatic rings. The molecule has 0 saturated carbocycles. The highest BCUT2D eigenvalue weighted by molar-refractivity contribution is 6.29. The maximum absolute atomic E-state index is 12.8. The van der Waals surface area contributed by atoms with E-state index in [-0.39, 0.29) is 39.1 Å². The molecule has 0 aliphatic heterocycles. The second-order valence-electron chi connectivity index (χ2n) is 6.42. The Kier molecular flexibility index (Phi) is 4.20. The predicted octanol–water partition coefficient (Wildman–Crippen LogP) is 3.12. The number of phenols is 1. The van der Waals surface area contributed by atoms with Gasteiger partial charge in [0.15, 0.2) is 11.6 Å². The number of ketones is 2. The number of nitrogens with one attached hydrogen (secondary N) is 1. The number of phenolic OH excluding ortho intramolecular Hbond substituents is 1. The Bertz CT molecular complexity index is 1230. The fourth-order valence-electron chi connectivity index (χ4n) is 3.29. The maximum atomic E-state index is 12.8. The molecule has 0 bridgehead atoms. The third-order valence-corrected chi connectivity index (χ3v) is 4.69. The summed E-state index contributed by atoms with van der Waals surface area (Å²) < 4.78 is 0. The lowest BCUT2D eigenvalue weighted by molar-refractivity contribution is 0.0692. The SMILES string of the molecule is O=C(O)c1ccccc1C(=O)Nc1cc2c(cc1O)C(=O)c1ccccc1C2=O. The van der Waals surface area contributed by atoms with Crippen molar-refractivity contribution in [1.29, 1.82) is 0 Å². The number of hydrogen-bond acceptors (Lipinski definition) is 5. The standard InChI is InChI=1S/C22H13NO6/c24-18-10-16-15(19(25)11-5-1-2-6-12(11)20(16)26)9-17(18)23-21(27)13-7-3-4-8-14(13)22(28)29/h1-10,24H,(H,23,27)(H,28,29). The normalized spacial score (nSPS) is 12.1. The van der Waals surface area contributed by atoms with Crippen LogP contribution < -0.4 is 5.32 Å². The van der Waals surface area contributed by atoms with E-state index in [1.165, 1.54) is 42.5 Å². The zero-order chi connectivity index (χ0) is 20.7. The van der Waals surface area contributed by atoms with Crippen LogP contribution in [0.1, 0.15) is 52.6 Å². The number of rotatable bonds is 3. The molecule has 0 radical (unpaired) electrons. The zero-order valence-electron chi connectivity index (χ0n) is 14.8. The first kappa shape index (κ1) is 18.1. The fraction of sp³-hybridized carbons (Fsp3) is 0. The molecule has 0 heterocycles. The molecule has 0 unspecified atom stereocenters. The molecule has 0 saturated heterocycles. The van der Waals surface area contributed by atoms with Crippen LogP contribution in [0.5, 0.6) is 5.75 Å². The van der Waals surface area contributed by atoms with Crippen LogP contribution in [0, 0.1) is 0 Å². The van der Waals surface area contributed by atoms with Crippen molar-refractivity contribution in [2.24, 2.45) is 0 Å². The summed E-state index contributed by atoms with van der Waals surface area (Å²) in [6, 6.07) is 14.3. The summed E-state index contributed by atoms with van der Waals surface area (Å²) in [6.07, 6.45) is 0. The Labute approximate surface area is 164 Å². The molecule has 1 aliphatic carbocycles. The maximum Gasteiger partial charge on any atom is 0.336 e. The molecule has 7 heteroatoms. The van der Waals surface area contributed by atoms with Crippen molar-refractivity contribution in [3.8, 4) is 5.75 Å². The van der Waals surface area contributed by atoms with Gasteiger partial charge in [-0.15, -0.1) is 0 Å². The van der Waals surface area contributed by atoms with Crippen molar-refractivity contribution in [3.63, 3.8) is 0 Å². The molecule has 3 N–H and O–H groups in total. The van der Waals surface area contributed by atoms with E-state index in [1.807, 2.05) is 0 Å². The Morgan fingerprint density at radius 3 is 1.83 bits per heavy atom. The number of aromatic carboxylic acids is 1. The van der Waals surface area contributed by atoms with Crippen LogP contribution >= 0.6 is 0 Å². The van der Waals surface area contributed by atoms with Gasteiger partial charge >= 0.3 is 5.97 Å². The molecule has 7 nitrogen and oxygen atoms in total. The molecule has 142 valence electrons. The molecule has 0 aromatic heterocycles. The van der Waals surface area contributed by atoms with Crippen LogP contribution in [0.15, 0.2) is 60.7 Å². The molecule has 0 spiro atoms. The molecule has 29 heavy (non-hydrogen) atoms. The number of carbonyl (C=O) groups excluding carboxylic acids is 3. The van der Waals surface area contributed by atoms with Crippen LogP contribution in [0.3, 0.4) is 0 Å². The van der Waals surface area contributed by atoms with E-state index < -0.39 is 29.2 Å². The van der Waals surface area contributed by atoms with E-state index in [4.69, 9.17) is 0 Å². The Balaban J connectivity index is 1.75. The van der Waals surface area contributed by atoms with Gasteiger partial charge in [0.25, 0.3) is 5.91 Å². The summed E-state index contributed by atoms with van der Waals surface area (Å²) in [5.41, 5.74) is 0.159. The van der Waals surface area contributed by atoms with Crippen LogP contribution in [0.2, 0.25) is 0 Å². The number of anilines is 1. The molecular weight excluding hydrogens is 374 g/mol. The fourth-order valence-corrected chi connectivity index (χ4v) is 3.29. The van der Waals surface area contributed by atoms with Crippen molar-refractivity contribution in [2.45, 2.75) is 0 Å². The van der Waals surface area contributed by atoms with Gasteiger partial charge < -0.3 is 15.5 Å². The van der Waals surface area contributed by atoms with Gasteiger partial charge in [0, 0.05) is 22.3 Å². The summed E-state index contributed by atoms with van der Waals surface area (Å²) in [5.74, 6) is -3.27. The second kappa shape index (κ2) is 6.72. The van der Waals surface area contributed by atoms with Gasteiger partial charge in [-0.2, -0.15) is 0 Å². The van der Waals surface area contributed by atoms with Gasteiger partial charge in [0.05, 0.1) is 16.8 Å². The minimum Gasteiger partial charge on any atom is -0.506 e.